The van der Waals surface area contributed by atoms with Crippen LogP contribution in [0.3, 0.4) is 0 Å². The minimum Gasteiger partial charge on any atom is -0.502 e. The predicted octanol–water partition coefficient (Wildman–Crippen LogP) is 3.52. The summed E-state index contributed by atoms with van der Waals surface area (Å²) >= 11 is 6.33. The van der Waals surface area contributed by atoms with Gasteiger partial charge in [-0.05, 0) is 30.7 Å². The molecule has 1 N–H and O–H groups in total. The van der Waals surface area contributed by atoms with Gasteiger partial charge in [0.1, 0.15) is 0 Å². The van der Waals surface area contributed by atoms with Crippen molar-refractivity contribution in [2.75, 3.05) is 6.61 Å². The maximum atomic E-state index is 14.2. The van der Waals surface area contributed by atoms with Gasteiger partial charge in [-0.15, -0.1) is 0 Å². The number of aromatic nitrogens is 1. The molecule has 12 nitrogen and oxygen atoms in total. The predicted molar refractivity (Wildman–Crippen MR) is 134 cm³/mol. The van der Waals surface area contributed by atoms with Crippen LogP contribution in [0.25, 0.3) is 6.08 Å². The number of benzene rings is 2. The Morgan fingerprint density at radius 1 is 1.23 bits per heavy atom. The van der Waals surface area contributed by atoms with E-state index >= 15 is 0 Å². The third-order valence-corrected chi connectivity index (χ3v) is 6.81. The standard InChI is InChI=1S/C23H14ClF3N4O8S/c1-2-39-21(34)16-17(10-3-5-12(24)6-4-10)29-20(33)15(40-22(29)28-19(16)23(25,26)27)8-11-7-13(30(35)36)9-14(18(11)32)31(37)38/h3-9,17,32H,2H2,1H3/b15-8-/t17-/m0/s1. The van der Waals surface area contributed by atoms with E-state index in [0.29, 0.717) is 17.4 Å². The number of nitro benzene ring substituents is 2. The zero-order valence-corrected chi connectivity index (χ0v) is 21.4. The Morgan fingerprint density at radius 2 is 1.88 bits per heavy atom. The molecule has 40 heavy (non-hydrogen) atoms. The minimum atomic E-state index is -5.15. The van der Waals surface area contributed by atoms with Crippen molar-refractivity contribution in [1.29, 1.82) is 0 Å². The minimum absolute atomic E-state index is 0.0469. The number of rotatable bonds is 6. The Balaban J connectivity index is 2.08. The van der Waals surface area contributed by atoms with Crippen molar-refractivity contribution in [3.05, 3.63) is 104 Å². The summed E-state index contributed by atoms with van der Waals surface area (Å²) in [7, 11) is 0. The summed E-state index contributed by atoms with van der Waals surface area (Å²) in [5.41, 5.74) is -5.86. The second kappa shape index (κ2) is 10.5. The number of carbonyl (C=O) groups is 1. The van der Waals surface area contributed by atoms with E-state index in [2.05, 4.69) is 4.99 Å². The van der Waals surface area contributed by atoms with Crippen LogP contribution in [0.4, 0.5) is 24.5 Å². The van der Waals surface area contributed by atoms with Crippen molar-refractivity contribution < 1.29 is 37.7 Å². The van der Waals surface area contributed by atoms with Gasteiger partial charge in [0, 0.05) is 16.7 Å². The third kappa shape index (κ3) is 5.17. The molecule has 1 aliphatic heterocycles. The molecule has 208 valence electrons. The molecule has 0 unspecified atom stereocenters. The zero-order valence-electron chi connectivity index (χ0n) is 19.8. The number of thiazole rings is 1. The number of nitrogens with zero attached hydrogens (tertiary/aromatic N) is 4. The van der Waals surface area contributed by atoms with Gasteiger partial charge in [0.25, 0.3) is 11.2 Å². The first-order valence-electron chi connectivity index (χ1n) is 11.0. The van der Waals surface area contributed by atoms with Crippen LogP contribution in [0.5, 0.6) is 5.75 Å². The molecule has 0 radical (unpaired) electrons. The third-order valence-electron chi connectivity index (χ3n) is 5.58. The number of non-ortho nitro benzene ring substituents is 1. The summed E-state index contributed by atoms with van der Waals surface area (Å²) in [5, 5.41) is 33.1. The number of phenolic OH excluding ortho intramolecular Hbond substituents is 1. The van der Waals surface area contributed by atoms with E-state index < -0.39 is 76.9 Å². The molecule has 0 bridgehead atoms. The van der Waals surface area contributed by atoms with Crippen molar-refractivity contribution in [2.24, 2.45) is 4.99 Å². The van der Waals surface area contributed by atoms with Crippen LogP contribution >= 0.6 is 22.9 Å². The highest BCUT2D eigenvalue weighted by Gasteiger charge is 2.45. The molecule has 3 aromatic rings. The highest BCUT2D eigenvalue weighted by atomic mass is 35.5. The van der Waals surface area contributed by atoms with Gasteiger partial charge in [-0.3, -0.25) is 29.6 Å². The van der Waals surface area contributed by atoms with E-state index in [1.165, 1.54) is 31.2 Å². The van der Waals surface area contributed by atoms with Crippen LogP contribution in [0.1, 0.15) is 24.1 Å². The van der Waals surface area contributed by atoms with Crippen molar-refractivity contribution in [3.63, 3.8) is 0 Å². The van der Waals surface area contributed by atoms with Crippen molar-refractivity contribution in [1.82, 2.24) is 4.57 Å². The molecular formula is C23H14ClF3N4O8S. The van der Waals surface area contributed by atoms with Gasteiger partial charge in [0.05, 0.1) is 38.7 Å². The molecule has 0 fully saturated rings. The van der Waals surface area contributed by atoms with Crippen LogP contribution in [0, 0.1) is 20.2 Å². The molecule has 2 aromatic carbocycles. The first-order chi connectivity index (χ1) is 18.7. The number of hydrogen-bond donors (Lipinski definition) is 1. The molecule has 4 rings (SSSR count). The fraction of sp³-hybridized carbons (Fsp3) is 0.174. The number of aromatic hydroxyl groups is 1. The van der Waals surface area contributed by atoms with E-state index in [0.717, 1.165) is 16.7 Å². The Labute approximate surface area is 228 Å². The number of halogens is 4. The first-order valence-corrected chi connectivity index (χ1v) is 12.2. The van der Waals surface area contributed by atoms with E-state index in [1.807, 2.05) is 0 Å². The number of phenols is 1. The van der Waals surface area contributed by atoms with Gasteiger partial charge >= 0.3 is 17.8 Å². The van der Waals surface area contributed by atoms with Crippen LogP contribution in [-0.4, -0.2) is 38.3 Å². The maximum Gasteiger partial charge on any atom is 0.434 e. The average Bonchev–Trinajstić information content (AvgIpc) is 3.18. The summed E-state index contributed by atoms with van der Waals surface area (Å²) in [5.74, 6) is -2.39. The highest BCUT2D eigenvalue weighted by Crippen LogP contribution is 2.39. The molecule has 1 aromatic heterocycles. The monoisotopic (exact) mass is 598 g/mol. The Kier molecular flexibility index (Phi) is 7.49. The number of ether oxygens (including phenoxy) is 1. The second-order valence-corrected chi connectivity index (χ2v) is 9.48. The maximum absolute atomic E-state index is 14.2. The van der Waals surface area contributed by atoms with E-state index in [-0.39, 0.29) is 17.2 Å². The fourth-order valence-electron chi connectivity index (χ4n) is 3.92. The SMILES string of the molecule is CCOC(=O)C1=C(C(F)(F)F)N=c2s/c(=C\c3cc([N+](=O)[O-])cc([N+](=O)[O-])c3O)c(=O)n2[C@H]1c1ccc(Cl)cc1. The summed E-state index contributed by atoms with van der Waals surface area (Å²) < 4.78 is 47.7. The van der Waals surface area contributed by atoms with Gasteiger partial charge in [0.15, 0.2) is 10.5 Å². The fourth-order valence-corrected chi connectivity index (χ4v) is 5.04. The van der Waals surface area contributed by atoms with Gasteiger partial charge < -0.3 is 9.84 Å². The Hall–Kier alpha value is -4.57. The lowest BCUT2D eigenvalue weighted by molar-refractivity contribution is -0.394. The molecule has 0 spiro atoms. The smallest absolute Gasteiger partial charge is 0.434 e. The lowest BCUT2D eigenvalue weighted by atomic mass is 9.95. The van der Waals surface area contributed by atoms with Crippen LogP contribution in [-0.2, 0) is 9.53 Å². The lowest BCUT2D eigenvalue weighted by Crippen LogP contribution is -2.41. The quantitative estimate of drug-likeness (QED) is 0.255. The molecule has 17 heteroatoms. The largest absolute Gasteiger partial charge is 0.502 e. The van der Waals surface area contributed by atoms with Gasteiger partial charge in [-0.25, -0.2) is 9.79 Å². The van der Waals surface area contributed by atoms with Crippen LogP contribution < -0.4 is 14.9 Å². The van der Waals surface area contributed by atoms with Crippen LogP contribution in [0.15, 0.2) is 57.5 Å². The Morgan fingerprint density at radius 3 is 2.42 bits per heavy atom. The molecular weight excluding hydrogens is 585 g/mol. The molecule has 0 saturated heterocycles. The lowest BCUT2D eigenvalue weighted by Gasteiger charge is -2.26. The van der Waals surface area contributed by atoms with Gasteiger partial charge in [-0.1, -0.05) is 35.1 Å². The summed E-state index contributed by atoms with van der Waals surface area (Å²) in [6.07, 6.45) is -4.31. The molecule has 0 amide bonds. The normalized spacial score (nSPS) is 15.4. The van der Waals surface area contributed by atoms with Crippen molar-refractivity contribution in [2.45, 2.75) is 19.1 Å². The number of hydrogen-bond acceptors (Lipinski definition) is 10. The average molecular weight is 599 g/mol. The topological polar surface area (TPSA) is 167 Å². The van der Waals surface area contributed by atoms with E-state index in [4.69, 9.17) is 16.3 Å². The summed E-state index contributed by atoms with van der Waals surface area (Å²) in [6, 6.07) is 4.86. The van der Waals surface area contributed by atoms with Gasteiger partial charge in [-0.2, -0.15) is 13.2 Å². The second-order valence-electron chi connectivity index (χ2n) is 8.03. The zero-order chi connectivity index (χ0) is 29.5. The number of alkyl halides is 3. The highest BCUT2D eigenvalue weighted by molar-refractivity contribution is 7.07. The molecule has 0 saturated carbocycles. The molecule has 1 aliphatic rings. The molecule has 2 heterocycles. The molecule has 0 aliphatic carbocycles. The number of allylic oxidation sites excluding steroid dienone is 1. The first kappa shape index (κ1) is 28.4. The van der Waals surface area contributed by atoms with Gasteiger partial charge in [0.2, 0.25) is 5.75 Å². The van der Waals surface area contributed by atoms with Crippen molar-refractivity contribution in [3.8, 4) is 5.75 Å². The summed E-state index contributed by atoms with van der Waals surface area (Å²) in [6.45, 7) is 1.10. The van der Waals surface area contributed by atoms with E-state index in [1.54, 1.807) is 0 Å². The van der Waals surface area contributed by atoms with Crippen molar-refractivity contribution >= 4 is 46.4 Å². The number of fused-ring (bicyclic) bond motifs is 1. The van der Waals surface area contributed by atoms with Crippen LogP contribution in [0.2, 0.25) is 5.02 Å². The number of esters is 1. The Bertz CT molecular complexity index is 1780. The summed E-state index contributed by atoms with van der Waals surface area (Å²) in [4.78, 5) is 49.9. The molecule has 1 atom stereocenters. The number of nitro groups is 2. The number of carbonyl (C=O) groups excluding carboxylic acids is 1. The van der Waals surface area contributed by atoms with E-state index in [9.17, 15) is 48.1 Å².